The third-order valence-corrected chi connectivity index (χ3v) is 6.55. The van der Waals surface area contributed by atoms with E-state index in [-0.39, 0.29) is 23.6 Å². The van der Waals surface area contributed by atoms with Gasteiger partial charge in [-0.25, -0.2) is 8.78 Å². The lowest BCUT2D eigenvalue weighted by atomic mass is 9.88. The van der Waals surface area contributed by atoms with Crippen molar-refractivity contribution < 1.29 is 36.2 Å². The Morgan fingerprint density at radius 1 is 1.00 bits per heavy atom. The molecule has 1 atom stereocenters. The fourth-order valence-corrected chi connectivity index (χ4v) is 4.69. The van der Waals surface area contributed by atoms with Crippen molar-refractivity contribution in [3.8, 4) is 17.0 Å². The van der Waals surface area contributed by atoms with E-state index in [1.54, 1.807) is 6.07 Å². The lowest BCUT2D eigenvalue weighted by Gasteiger charge is -2.46. The highest BCUT2D eigenvalue weighted by Gasteiger charge is 2.51. The molecule has 1 spiro atoms. The van der Waals surface area contributed by atoms with E-state index in [4.69, 9.17) is 4.74 Å². The maximum atomic E-state index is 14.8. The second-order valence-electron chi connectivity index (χ2n) is 9.29. The maximum Gasteiger partial charge on any atom is 0.421 e. The number of rotatable bonds is 4. The predicted octanol–water partition coefficient (Wildman–Crippen LogP) is 5.13. The van der Waals surface area contributed by atoms with Gasteiger partial charge in [-0.15, -0.1) is 0 Å². The summed E-state index contributed by atoms with van der Waals surface area (Å²) in [5, 5.41) is 9.77. The molecule has 0 amide bonds. The van der Waals surface area contributed by atoms with Crippen LogP contribution in [0.2, 0.25) is 0 Å². The number of pyridine rings is 1. The SMILES string of the molecule is CC(O)(c1ccc(-c2c(F)cc(CN3CC4(Cc5ccc(F)nc5O4)C3)cc2F)cc1)C(F)(F)F. The van der Waals surface area contributed by atoms with Crippen LogP contribution in [0.5, 0.6) is 5.88 Å². The fraction of sp³-hybridized carbons (Fsp3) is 0.320. The van der Waals surface area contributed by atoms with Crippen LogP contribution >= 0.6 is 0 Å². The fourth-order valence-electron chi connectivity index (χ4n) is 4.69. The van der Waals surface area contributed by atoms with Crippen molar-refractivity contribution in [1.29, 1.82) is 0 Å². The molecule has 1 N–H and O–H groups in total. The summed E-state index contributed by atoms with van der Waals surface area (Å²) in [6.07, 6.45) is -4.33. The Hall–Kier alpha value is -3.11. The molecular weight excluding hydrogens is 474 g/mol. The third kappa shape index (κ3) is 4.14. The summed E-state index contributed by atoms with van der Waals surface area (Å²) in [6.45, 7) is 1.83. The van der Waals surface area contributed by atoms with E-state index in [1.807, 2.05) is 4.90 Å². The van der Waals surface area contributed by atoms with Crippen molar-refractivity contribution >= 4 is 0 Å². The van der Waals surface area contributed by atoms with Crippen molar-refractivity contribution in [2.45, 2.75) is 37.3 Å². The summed E-state index contributed by atoms with van der Waals surface area (Å²) in [6, 6.07) is 9.55. The molecule has 0 aliphatic carbocycles. The minimum Gasteiger partial charge on any atom is -0.468 e. The standard InChI is InChI=1S/C25H20F6N2O2/c1-23(34,25(29,30)31)17-5-2-15(3-6-17)21-18(26)8-14(9-19(21)27)11-33-12-24(13-33)10-16-4-7-20(28)32-22(16)35-24/h2-9,34H,10-13H2,1H3. The number of nitrogens with zero attached hydrogens (tertiary/aromatic N) is 2. The van der Waals surface area contributed by atoms with Crippen LogP contribution in [0.4, 0.5) is 26.3 Å². The first-order valence-corrected chi connectivity index (χ1v) is 10.8. The van der Waals surface area contributed by atoms with Gasteiger partial charge < -0.3 is 9.84 Å². The molecule has 1 unspecified atom stereocenters. The second-order valence-corrected chi connectivity index (χ2v) is 9.29. The highest BCUT2D eigenvalue weighted by Crippen LogP contribution is 2.41. The number of likely N-dealkylation sites (tertiary alicyclic amines) is 1. The first kappa shape index (κ1) is 23.6. The third-order valence-electron chi connectivity index (χ3n) is 6.55. The monoisotopic (exact) mass is 494 g/mol. The summed E-state index contributed by atoms with van der Waals surface area (Å²) in [4.78, 5) is 5.69. The number of ether oxygens (including phenoxy) is 1. The Bertz CT molecular complexity index is 1260. The molecule has 0 radical (unpaired) electrons. The molecule has 184 valence electrons. The van der Waals surface area contributed by atoms with Crippen LogP contribution in [0.1, 0.15) is 23.6 Å². The van der Waals surface area contributed by atoms with Crippen LogP contribution in [0, 0.1) is 17.6 Å². The number of benzene rings is 2. The molecule has 5 rings (SSSR count). The molecule has 2 aromatic carbocycles. The van der Waals surface area contributed by atoms with Crippen molar-refractivity contribution in [1.82, 2.24) is 9.88 Å². The molecule has 10 heteroatoms. The molecule has 0 bridgehead atoms. The van der Waals surface area contributed by atoms with Crippen molar-refractivity contribution in [3.05, 3.63) is 82.8 Å². The Morgan fingerprint density at radius 3 is 2.23 bits per heavy atom. The minimum absolute atomic E-state index is 0.0491. The number of fused-ring (bicyclic) bond motifs is 1. The van der Waals surface area contributed by atoms with E-state index in [0.717, 1.165) is 29.8 Å². The molecule has 2 aliphatic heterocycles. The predicted molar refractivity (Wildman–Crippen MR) is 114 cm³/mol. The van der Waals surface area contributed by atoms with Gasteiger partial charge in [-0.2, -0.15) is 22.5 Å². The van der Waals surface area contributed by atoms with Crippen LogP contribution in [0.15, 0.2) is 48.5 Å². The number of aliphatic hydroxyl groups is 1. The Balaban J connectivity index is 1.28. The largest absolute Gasteiger partial charge is 0.468 e. The van der Waals surface area contributed by atoms with E-state index < -0.39 is 40.5 Å². The Kier molecular flexibility index (Phi) is 5.37. The summed E-state index contributed by atoms with van der Waals surface area (Å²) in [5.74, 6) is -2.05. The molecule has 1 aromatic heterocycles. The lowest BCUT2D eigenvalue weighted by Crippen LogP contribution is -2.64. The zero-order valence-corrected chi connectivity index (χ0v) is 18.5. The van der Waals surface area contributed by atoms with Crippen LogP contribution in [-0.2, 0) is 18.6 Å². The van der Waals surface area contributed by atoms with Gasteiger partial charge in [-0.3, -0.25) is 4.90 Å². The molecule has 1 fully saturated rings. The number of aromatic nitrogens is 1. The van der Waals surface area contributed by atoms with E-state index in [1.165, 1.54) is 18.2 Å². The molecule has 2 aliphatic rings. The van der Waals surface area contributed by atoms with Gasteiger partial charge >= 0.3 is 6.18 Å². The van der Waals surface area contributed by atoms with Crippen molar-refractivity contribution in [3.63, 3.8) is 0 Å². The lowest BCUT2D eigenvalue weighted by molar-refractivity contribution is -0.258. The van der Waals surface area contributed by atoms with E-state index in [0.29, 0.717) is 32.0 Å². The van der Waals surface area contributed by atoms with Gasteiger partial charge in [0.05, 0.1) is 5.56 Å². The Labute approximate surface area is 196 Å². The second kappa shape index (κ2) is 7.96. The smallest absolute Gasteiger partial charge is 0.421 e. The summed E-state index contributed by atoms with van der Waals surface area (Å²) in [5.41, 5.74) is -3.17. The van der Waals surface area contributed by atoms with Crippen LogP contribution in [0.3, 0.4) is 0 Å². The van der Waals surface area contributed by atoms with Gasteiger partial charge in [0.15, 0.2) is 5.60 Å². The molecular formula is C25H20F6N2O2. The first-order chi connectivity index (χ1) is 16.4. The molecule has 3 aromatic rings. The van der Waals surface area contributed by atoms with Crippen LogP contribution < -0.4 is 4.74 Å². The molecule has 1 saturated heterocycles. The van der Waals surface area contributed by atoms with Gasteiger partial charge in [0.1, 0.15) is 17.2 Å². The number of alkyl halides is 3. The van der Waals surface area contributed by atoms with Crippen molar-refractivity contribution in [2.24, 2.45) is 0 Å². The minimum atomic E-state index is -4.90. The van der Waals surface area contributed by atoms with Gasteiger partial charge in [0.25, 0.3) is 0 Å². The van der Waals surface area contributed by atoms with Crippen LogP contribution in [-0.4, -0.2) is 39.9 Å². The maximum absolute atomic E-state index is 14.8. The number of halogens is 6. The Morgan fingerprint density at radius 2 is 1.63 bits per heavy atom. The van der Waals surface area contributed by atoms with Gasteiger partial charge in [-0.05, 0) is 47.9 Å². The molecule has 4 nitrogen and oxygen atoms in total. The van der Waals surface area contributed by atoms with Gasteiger partial charge in [-0.1, -0.05) is 24.3 Å². The average molecular weight is 494 g/mol. The zero-order valence-electron chi connectivity index (χ0n) is 18.5. The van der Waals surface area contributed by atoms with Gasteiger partial charge in [0, 0.05) is 31.6 Å². The van der Waals surface area contributed by atoms with Crippen molar-refractivity contribution in [2.75, 3.05) is 13.1 Å². The van der Waals surface area contributed by atoms with Crippen LogP contribution in [0.25, 0.3) is 11.1 Å². The summed E-state index contributed by atoms with van der Waals surface area (Å²) < 4.78 is 88.0. The van der Waals surface area contributed by atoms with E-state index >= 15 is 0 Å². The van der Waals surface area contributed by atoms with Gasteiger partial charge in [0.2, 0.25) is 11.8 Å². The number of hydrogen-bond donors (Lipinski definition) is 1. The quantitative estimate of drug-likeness (QED) is 0.404. The summed E-state index contributed by atoms with van der Waals surface area (Å²) in [7, 11) is 0. The topological polar surface area (TPSA) is 45.6 Å². The zero-order chi connectivity index (χ0) is 25.2. The molecule has 35 heavy (non-hydrogen) atoms. The highest BCUT2D eigenvalue weighted by atomic mass is 19.4. The molecule has 0 saturated carbocycles. The number of hydrogen-bond acceptors (Lipinski definition) is 4. The van der Waals surface area contributed by atoms with E-state index in [9.17, 15) is 31.4 Å². The molecule has 3 heterocycles. The normalized spacial score (nSPS) is 18.6. The average Bonchev–Trinajstić information content (AvgIpc) is 3.11. The first-order valence-electron chi connectivity index (χ1n) is 10.8. The highest BCUT2D eigenvalue weighted by molar-refractivity contribution is 5.66. The van der Waals surface area contributed by atoms with E-state index in [2.05, 4.69) is 4.98 Å². The summed E-state index contributed by atoms with van der Waals surface area (Å²) >= 11 is 0.